The topological polar surface area (TPSA) is 69.7 Å². The van der Waals surface area contributed by atoms with Gasteiger partial charge in [0.2, 0.25) is 5.92 Å². The number of rotatable bonds is 6. The molecule has 7 heteroatoms. The van der Waals surface area contributed by atoms with E-state index >= 15 is 0 Å². The van der Waals surface area contributed by atoms with Gasteiger partial charge in [0.15, 0.2) is 5.78 Å². The molecular weight excluding hydrogens is 347 g/mol. The van der Waals surface area contributed by atoms with Crippen LogP contribution in [0, 0.1) is 11.7 Å². The van der Waals surface area contributed by atoms with Gasteiger partial charge in [-0.05, 0) is 41.9 Å². The van der Waals surface area contributed by atoms with Gasteiger partial charge in [-0.25, -0.2) is 4.39 Å². The van der Waals surface area contributed by atoms with Crippen molar-refractivity contribution in [3.63, 3.8) is 0 Å². The number of carbonyl (C=O) groups excluding carboxylic acids is 3. The summed E-state index contributed by atoms with van der Waals surface area (Å²) in [6, 6.07) is 3.56. The van der Waals surface area contributed by atoms with Gasteiger partial charge in [-0.2, -0.15) is 0 Å². The number of halogens is 2. The highest BCUT2D eigenvalue weighted by molar-refractivity contribution is 9.10. The molecule has 0 saturated carbocycles. The Hall–Kier alpha value is -1.76. The molecule has 1 aromatic carbocycles. The predicted molar refractivity (Wildman–Crippen MR) is 75.2 cm³/mol. The van der Waals surface area contributed by atoms with Crippen LogP contribution in [0.25, 0.3) is 0 Å². The highest BCUT2D eigenvalue weighted by Crippen LogP contribution is 2.20. The molecule has 0 atom stereocenters. The smallest absolute Gasteiger partial charge is 0.328 e. The lowest BCUT2D eigenvalue weighted by Gasteiger charge is -2.13. The minimum absolute atomic E-state index is 0.0106. The normalized spacial score (nSPS) is 10.3. The first-order valence-corrected chi connectivity index (χ1v) is 7.04. The van der Waals surface area contributed by atoms with Crippen LogP contribution < -0.4 is 0 Å². The van der Waals surface area contributed by atoms with Gasteiger partial charge in [0.25, 0.3) is 0 Å². The van der Waals surface area contributed by atoms with Crippen molar-refractivity contribution >= 4 is 33.7 Å². The Morgan fingerprint density at radius 2 is 1.67 bits per heavy atom. The number of Topliss-reactive ketones (excluding diaryl/α,β-unsaturated/α-hetero) is 1. The van der Waals surface area contributed by atoms with E-state index in [4.69, 9.17) is 9.47 Å². The van der Waals surface area contributed by atoms with E-state index in [2.05, 4.69) is 15.9 Å². The first-order valence-electron chi connectivity index (χ1n) is 6.24. The lowest BCUT2D eigenvalue weighted by molar-refractivity contribution is -0.158. The van der Waals surface area contributed by atoms with E-state index in [0.29, 0.717) is 0 Å². The van der Waals surface area contributed by atoms with Crippen LogP contribution in [0.5, 0.6) is 0 Å². The summed E-state index contributed by atoms with van der Waals surface area (Å²) >= 11 is 2.95. The summed E-state index contributed by atoms with van der Waals surface area (Å²) in [5.74, 6) is -5.30. The molecule has 0 N–H and O–H groups in total. The van der Waals surface area contributed by atoms with Crippen molar-refractivity contribution in [2.24, 2.45) is 5.92 Å². The van der Waals surface area contributed by atoms with Crippen LogP contribution in [-0.2, 0) is 19.1 Å². The monoisotopic (exact) mass is 360 g/mol. The fraction of sp³-hybridized carbons (Fsp3) is 0.357. The summed E-state index contributed by atoms with van der Waals surface area (Å²) in [7, 11) is 0. The standard InChI is InChI=1S/C14H14BrFO5/c1-3-20-13(18)11(14(19)21-4-2)12(17)8-5-6-9(15)10(16)7-8/h5-7,11H,3-4H2,1-2H3. The van der Waals surface area contributed by atoms with Crippen molar-refractivity contribution in [2.75, 3.05) is 13.2 Å². The van der Waals surface area contributed by atoms with E-state index in [0.717, 1.165) is 6.07 Å². The quantitative estimate of drug-likeness (QED) is 0.442. The van der Waals surface area contributed by atoms with Gasteiger partial charge in [0.1, 0.15) is 5.82 Å². The van der Waals surface area contributed by atoms with Crippen molar-refractivity contribution in [1.29, 1.82) is 0 Å². The molecule has 0 spiro atoms. The lowest BCUT2D eigenvalue weighted by Crippen LogP contribution is -2.35. The van der Waals surface area contributed by atoms with E-state index in [-0.39, 0.29) is 23.2 Å². The summed E-state index contributed by atoms with van der Waals surface area (Å²) < 4.78 is 23.0. The Morgan fingerprint density at radius 1 is 1.14 bits per heavy atom. The van der Waals surface area contributed by atoms with Crippen LogP contribution in [-0.4, -0.2) is 30.9 Å². The first kappa shape index (κ1) is 17.3. The number of ether oxygens (including phenoxy) is 2. The molecule has 1 aromatic rings. The second-order valence-corrected chi connectivity index (χ2v) is 4.78. The number of carbonyl (C=O) groups is 3. The third kappa shape index (κ3) is 4.35. The van der Waals surface area contributed by atoms with Crippen LogP contribution in [0.4, 0.5) is 4.39 Å². The molecule has 21 heavy (non-hydrogen) atoms. The average molecular weight is 361 g/mol. The summed E-state index contributed by atoms with van der Waals surface area (Å²) in [6.07, 6.45) is 0. The zero-order valence-corrected chi connectivity index (χ0v) is 13.1. The summed E-state index contributed by atoms with van der Waals surface area (Å²) in [6.45, 7) is 3.11. The molecular formula is C14H14BrFO5. The van der Waals surface area contributed by atoms with Gasteiger partial charge < -0.3 is 9.47 Å². The molecule has 0 amide bonds. The number of hydrogen-bond donors (Lipinski definition) is 0. The Morgan fingerprint density at radius 3 is 2.10 bits per heavy atom. The van der Waals surface area contributed by atoms with Crippen LogP contribution in [0.15, 0.2) is 22.7 Å². The highest BCUT2D eigenvalue weighted by atomic mass is 79.9. The molecule has 0 radical (unpaired) electrons. The molecule has 0 aliphatic rings. The molecule has 0 heterocycles. The number of hydrogen-bond acceptors (Lipinski definition) is 5. The third-order valence-corrected chi connectivity index (χ3v) is 3.15. The Labute approximate surface area is 129 Å². The highest BCUT2D eigenvalue weighted by Gasteiger charge is 2.37. The summed E-state index contributed by atoms with van der Waals surface area (Å²) in [5, 5.41) is 0. The van der Waals surface area contributed by atoms with Crippen molar-refractivity contribution < 1.29 is 28.2 Å². The number of esters is 2. The van der Waals surface area contributed by atoms with Crippen LogP contribution in [0.3, 0.4) is 0 Å². The predicted octanol–water partition coefficient (Wildman–Crippen LogP) is 2.51. The molecule has 0 aliphatic carbocycles. The van der Waals surface area contributed by atoms with Crippen LogP contribution in [0.2, 0.25) is 0 Å². The minimum atomic E-state index is -1.74. The Kier molecular flexibility index (Phi) is 6.48. The zero-order valence-electron chi connectivity index (χ0n) is 11.5. The minimum Gasteiger partial charge on any atom is -0.465 e. The second-order valence-electron chi connectivity index (χ2n) is 3.93. The Balaban J connectivity index is 3.11. The largest absolute Gasteiger partial charge is 0.465 e. The van der Waals surface area contributed by atoms with Gasteiger partial charge in [0, 0.05) is 5.56 Å². The van der Waals surface area contributed by atoms with Crippen molar-refractivity contribution in [3.05, 3.63) is 34.1 Å². The van der Waals surface area contributed by atoms with E-state index in [1.165, 1.54) is 12.1 Å². The Bertz CT molecular complexity index is 540. The molecule has 5 nitrogen and oxygen atoms in total. The summed E-state index contributed by atoms with van der Waals surface area (Å²) in [5.41, 5.74) is -0.109. The summed E-state index contributed by atoms with van der Waals surface area (Å²) in [4.78, 5) is 35.8. The number of benzene rings is 1. The molecule has 0 unspecified atom stereocenters. The average Bonchev–Trinajstić information content (AvgIpc) is 2.42. The van der Waals surface area contributed by atoms with Crippen molar-refractivity contribution in [3.8, 4) is 0 Å². The molecule has 114 valence electrons. The molecule has 0 bridgehead atoms. The third-order valence-electron chi connectivity index (χ3n) is 2.51. The van der Waals surface area contributed by atoms with Gasteiger partial charge in [0.05, 0.1) is 17.7 Å². The van der Waals surface area contributed by atoms with Crippen LogP contribution >= 0.6 is 15.9 Å². The SMILES string of the molecule is CCOC(=O)C(C(=O)OCC)C(=O)c1ccc(Br)c(F)c1. The van der Waals surface area contributed by atoms with Gasteiger partial charge >= 0.3 is 11.9 Å². The maximum Gasteiger partial charge on any atom is 0.328 e. The maximum atomic E-state index is 13.5. The van der Waals surface area contributed by atoms with Crippen molar-refractivity contribution in [1.82, 2.24) is 0 Å². The maximum absolute atomic E-state index is 13.5. The molecule has 0 fully saturated rings. The molecule has 0 saturated heterocycles. The van der Waals surface area contributed by atoms with E-state index in [1.807, 2.05) is 0 Å². The zero-order chi connectivity index (χ0) is 16.0. The van der Waals surface area contributed by atoms with Crippen LogP contribution in [0.1, 0.15) is 24.2 Å². The van der Waals surface area contributed by atoms with E-state index in [1.54, 1.807) is 13.8 Å². The molecule has 1 rings (SSSR count). The van der Waals surface area contributed by atoms with Gasteiger partial charge in [-0.3, -0.25) is 14.4 Å². The molecule has 0 aliphatic heterocycles. The number of ketones is 1. The van der Waals surface area contributed by atoms with Gasteiger partial charge in [-0.15, -0.1) is 0 Å². The fourth-order valence-electron chi connectivity index (χ4n) is 1.58. The van der Waals surface area contributed by atoms with E-state index in [9.17, 15) is 18.8 Å². The fourth-order valence-corrected chi connectivity index (χ4v) is 1.82. The first-order chi connectivity index (χ1) is 9.92. The van der Waals surface area contributed by atoms with Gasteiger partial charge in [-0.1, -0.05) is 6.07 Å². The second kappa shape index (κ2) is 7.87. The molecule has 0 aromatic heterocycles. The van der Waals surface area contributed by atoms with E-state index < -0.39 is 29.5 Å². The lowest BCUT2D eigenvalue weighted by atomic mass is 9.97. The van der Waals surface area contributed by atoms with Crippen molar-refractivity contribution in [2.45, 2.75) is 13.8 Å².